The minimum Gasteiger partial charge on any atom is -0.396 e. The quantitative estimate of drug-likeness (QED) is 0.745. The van der Waals surface area contributed by atoms with Crippen LogP contribution in [-0.2, 0) is 0 Å². The van der Waals surface area contributed by atoms with Gasteiger partial charge in [-0.2, -0.15) is 0 Å². The SMILES string of the molecule is CC(C)[C@@H](CO)NC(=O)c1cc(Cl)c(N)c(Cl)c1. The highest BCUT2D eigenvalue weighted by Crippen LogP contribution is 2.28. The Labute approximate surface area is 116 Å². The van der Waals surface area contributed by atoms with Crippen molar-refractivity contribution in [1.29, 1.82) is 0 Å². The molecule has 4 nitrogen and oxygen atoms in total. The van der Waals surface area contributed by atoms with Crippen LogP contribution in [0.25, 0.3) is 0 Å². The molecule has 18 heavy (non-hydrogen) atoms. The van der Waals surface area contributed by atoms with Crippen molar-refractivity contribution in [3.8, 4) is 0 Å². The molecule has 1 atom stereocenters. The maximum atomic E-state index is 12.0. The van der Waals surface area contributed by atoms with Gasteiger partial charge in [0.15, 0.2) is 0 Å². The fourth-order valence-electron chi connectivity index (χ4n) is 1.39. The van der Waals surface area contributed by atoms with Gasteiger partial charge in [-0.05, 0) is 18.1 Å². The Morgan fingerprint density at radius 2 is 1.89 bits per heavy atom. The molecule has 0 aliphatic heterocycles. The summed E-state index contributed by atoms with van der Waals surface area (Å²) in [6.45, 7) is 3.69. The standard InChI is InChI=1S/C12H16Cl2N2O2/c1-6(2)10(5-17)16-12(18)7-3-8(13)11(15)9(14)4-7/h3-4,6,10,17H,5,15H2,1-2H3,(H,16,18)/t10-/m1/s1. The van der Waals surface area contributed by atoms with E-state index in [2.05, 4.69) is 5.32 Å². The van der Waals surface area contributed by atoms with E-state index in [9.17, 15) is 4.79 Å². The van der Waals surface area contributed by atoms with Crippen molar-refractivity contribution in [3.63, 3.8) is 0 Å². The molecular weight excluding hydrogens is 275 g/mol. The van der Waals surface area contributed by atoms with Crippen LogP contribution in [-0.4, -0.2) is 23.7 Å². The maximum absolute atomic E-state index is 12.0. The average molecular weight is 291 g/mol. The lowest BCUT2D eigenvalue weighted by molar-refractivity contribution is 0.0897. The van der Waals surface area contributed by atoms with E-state index in [1.165, 1.54) is 12.1 Å². The average Bonchev–Trinajstić information content (AvgIpc) is 2.31. The largest absolute Gasteiger partial charge is 0.396 e. The first-order valence-corrected chi connectivity index (χ1v) is 6.28. The summed E-state index contributed by atoms with van der Waals surface area (Å²) >= 11 is 11.7. The topological polar surface area (TPSA) is 75.3 Å². The fourth-order valence-corrected chi connectivity index (χ4v) is 1.88. The highest BCUT2D eigenvalue weighted by Gasteiger charge is 2.17. The van der Waals surface area contributed by atoms with Gasteiger partial charge in [0.2, 0.25) is 0 Å². The van der Waals surface area contributed by atoms with E-state index in [0.717, 1.165) is 0 Å². The number of amides is 1. The number of halogens is 2. The zero-order valence-corrected chi connectivity index (χ0v) is 11.7. The van der Waals surface area contributed by atoms with Crippen LogP contribution in [0.4, 0.5) is 5.69 Å². The van der Waals surface area contributed by atoms with Crippen LogP contribution in [0.5, 0.6) is 0 Å². The molecule has 1 rings (SSSR count). The Morgan fingerprint density at radius 1 is 1.39 bits per heavy atom. The Kier molecular flexibility index (Phi) is 5.26. The molecule has 100 valence electrons. The number of nitrogens with one attached hydrogen (secondary N) is 1. The summed E-state index contributed by atoms with van der Waals surface area (Å²) in [6, 6.07) is 2.59. The smallest absolute Gasteiger partial charge is 0.251 e. The zero-order chi connectivity index (χ0) is 13.9. The lowest BCUT2D eigenvalue weighted by Gasteiger charge is -2.20. The van der Waals surface area contributed by atoms with E-state index in [1.54, 1.807) is 0 Å². The molecule has 0 aliphatic rings. The first kappa shape index (κ1) is 15.1. The molecule has 1 aromatic carbocycles. The fraction of sp³-hybridized carbons (Fsp3) is 0.417. The van der Waals surface area contributed by atoms with Gasteiger partial charge in [-0.15, -0.1) is 0 Å². The van der Waals surface area contributed by atoms with E-state index in [-0.39, 0.29) is 40.2 Å². The number of nitrogen functional groups attached to an aromatic ring is 1. The maximum Gasteiger partial charge on any atom is 0.251 e. The van der Waals surface area contributed by atoms with Gasteiger partial charge in [-0.1, -0.05) is 37.0 Å². The number of rotatable bonds is 4. The van der Waals surface area contributed by atoms with Gasteiger partial charge in [0.05, 0.1) is 28.4 Å². The normalized spacial score (nSPS) is 12.6. The van der Waals surface area contributed by atoms with E-state index in [0.29, 0.717) is 5.56 Å². The second-order valence-electron chi connectivity index (χ2n) is 4.36. The summed E-state index contributed by atoms with van der Waals surface area (Å²) in [5.41, 5.74) is 6.16. The van der Waals surface area contributed by atoms with Gasteiger partial charge in [0.1, 0.15) is 0 Å². The highest BCUT2D eigenvalue weighted by atomic mass is 35.5. The number of aliphatic hydroxyl groups excluding tert-OH is 1. The van der Waals surface area contributed by atoms with E-state index in [1.807, 2.05) is 13.8 Å². The molecule has 0 unspecified atom stereocenters. The monoisotopic (exact) mass is 290 g/mol. The molecule has 4 N–H and O–H groups in total. The van der Waals surface area contributed by atoms with Crippen LogP contribution in [0.15, 0.2) is 12.1 Å². The second kappa shape index (κ2) is 6.27. The van der Waals surface area contributed by atoms with Gasteiger partial charge >= 0.3 is 0 Å². The summed E-state index contributed by atoms with van der Waals surface area (Å²) < 4.78 is 0. The van der Waals surface area contributed by atoms with Crippen molar-refractivity contribution in [2.75, 3.05) is 12.3 Å². The molecule has 1 amide bonds. The van der Waals surface area contributed by atoms with Gasteiger partial charge in [-0.25, -0.2) is 0 Å². The number of hydrogen-bond acceptors (Lipinski definition) is 3. The van der Waals surface area contributed by atoms with Crippen LogP contribution in [0, 0.1) is 5.92 Å². The molecule has 0 spiro atoms. The van der Waals surface area contributed by atoms with E-state index < -0.39 is 0 Å². The van der Waals surface area contributed by atoms with Crippen molar-refractivity contribution < 1.29 is 9.90 Å². The third kappa shape index (κ3) is 3.51. The van der Waals surface area contributed by atoms with Crippen molar-refractivity contribution >= 4 is 34.8 Å². The predicted molar refractivity (Wildman–Crippen MR) is 74.1 cm³/mol. The number of aliphatic hydroxyl groups is 1. The molecular formula is C12H16Cl2N2O2. The molecule has 0 saturated carbocycles. The van der Waals surface area contributed by atoms with Gasteiger partial charge < -0.3 is 16.2 Å². The Bertz CT molecular complexity index is 427. The molecule has 0 saturated heterocycles. The minimum atomic E-state index is -0.341. The molecule has 0 radical (unpaired) electrons. The van der Waals surface area contributed by atoms with E-state index >= 15 is 0 Å². The zero-order valence-electron chi connectivity index (χ0n) is 10.2. The molecule has 6 heteroatoms. The van der Waals surface area contributed by atoms with Crippen LogP contribution in [0.1, 0.15) is 24.2 Å². The number of anilines is 1. The summed E-state index contributed by atoms with van der Waals surface area (Å²) in [7, 11) is 0. The number of nitrogens with two attached hydrogens (primary N) is 1. The number of benzene rings is 1. The number of carbonyl (C=O) groups excluding carboxylic acids is 1. The third-order valence-corrected chi connectivity index (χ3v) is 3.28. The molecule has 0 fully saturated rings. The van der Waals surface area contributed by atoms with Crippen molar-refractivity contribution in [3.05, 3.63) is 27.7 Å². The van der Waals surface area contributed by atoms with Crippen LogP contribution >= 0.6 is 23.2 Å². The van der Waals surface area contributed by atoms with Crippen LogP contribution in [0.2, 0.25) is 10.0 Å². The van der Waals surface area contributed by atoms with Crippen LogP contribution in [0.3, 0.4) is 0 Å². The number of carbonyl (C=O) groups is 1. The van der Waals surface area contributed by atoms with E-state index in [4.69, 9.17) is 34.0 Å². The van der Waals surface area contributed by atoms with Crippen molar-refractivity contribution in [2.45, 2.75) is 19.9 Å². The first-order valence-electron chi connectivity index (χ1n) is 5.53. The van der Waals surface area contributed by atoms with Crippen molar-refractivity contribution in [2.24, 2.45) is 5.92 Å². The molecule has 0 aromatic heterocycles. The molecule has 0 bridgehead atoms. The summed E-state index contributed by atoms with van der Waals surface area (Å²) in [5, 5.41) is 12.3. The minimum absolute atomic E-state index is 0.124. The second-order valence-corrected chi connectivity index (χ2v) is 5.17. The molecule has 0 aliphatic carbocycles. The third-order valence-electron chi connectivity index (χ3n) is 2.66. The lowest BCUT2D eigenvalue weighted by atomic mass is 10.0. The summed E-state index contributed by atoms with van der Waals surface area (Å²) in [6.07, 6.45) is 0. The predicted octanol–water partition coefficient (Wildman–Crippen LogP) is 2.32. The van der Waals surface area contributed by atoms with Gasteiger partial charge in [0, 0.05) is 5.56 Å². The Hall–Kier alpha value is -0.970. The summed E-state index contributed by atoms with van der Waals surface area (Å²) in [4.78, 5) is 12.0. The molecule has 1 aromatic rings. The van der Waals surface area contributed by atoms with Crippen LogP contribution < -0.4 is 11.1 Å². The Balaban J connectivity index is 2.91. The van der Waals surface area contributed by atoms with Crippen molar-refractivity contribution in [1.82, 2.24) is 5.32 Å². The molecule has 0 heterocycles. The van der Waals surface area contributed by atoms with Gasteiger partial charge in [-0.3, -0.25) is 4.79 Å². The summed E-state index contributed by atoms with van der Waals surface area (Å²) in [5.74, 6) is -0.217. The highest BCUT2D eigenvalue weighted by molar-refractivity contribution is 6.39. The first-order chi connectivity index (χ1) is 8.36. The Morgan fingerprint density at radius 3 is 2.28 bits per heavy atom. The van der Waals surface area contributed by atoms with Gasteiger partial charge in [0.25, 0.3) is 5.91 Å². The lowest BCUT2D eigenvalue weighted by Crippen LogP contribution is -2.41. The number of hydrogen-bond donors (Lipinski definition) is 3.